The lowest BCUT2D eigenvalue weighted by Crippen LogP contribution is -2.38. The van der Waals surface area contributed by atoms with Gasteiger partial charge in [0.25, 0.3) is 0 Å². The largest absolute Gasteiger partial charge is 0.481 e. The number of piperidine rings is 1. The van der Waals surface area contributed by atoms with E-state index in [1.165, 1.54) is 0 Å². The standard InChI is InChI=1S/C17H27BrF3N3O/c1-6-14(15(12(2)18)25-11-17(19,20)21)22-16(23(3)4)13-7-9-24(5)10-8-13/h13H,2,6-11H2,1,3-5H3/b15-14-,22-16?. The van der Waals surface area contributed by atoms with Crippen LogP contribution >= 0.6 is 15.9 Å². The third-order valence-electron chi connectivity index (χ3n) is 4.01. The average Bonchev–Trinajstić information content (AvgIpc) is 2.50. The monoisotopic (exact) mass is 425 g/mol. The highest BCUT2D eigenvalue weighted by Gasteiger charge is 2.30. The first-order valence-electron chi connectivity index (χ1n) is 8.27. The number of alkyl halides is 3. The summed E-state index contributed by atoms with van der Waals surface area (Å²) in [6.07, 6.45) is -2.02. The zero-order chi connectivity index (χ0) is 19.2. The fraction of sp³-hybridized carbons (Fsp3) is 0.706. The average molecular weight is 426 g/mol. The maximum absolute atomic E-state index is 12.5. The number of amidine groups is 1. The lowest BCUT2D eigenvalue weighted by molar-refractivity contribution is -0.164. The minimum absolute atomic E-state index is 0.0621. The van der Waals surface area contributed by atoms with Crippen LogP contribution in [0.25, 0.3) is 0 Å². The predicted octanol–water partition coefficient (Wildman–Crippen LogP) is 4.40. The molecule has 4 nitrogen and oxygen atoms in total. The van der Waals surface area contributed by atoms with Crippen LogP contribution in [0.1, 0.15) is 26.2 Å². The molecule has 0 aliphatic carbocycles. The molecule has 0 aromatic heterocycles. The Morgan fingerprint density at radius 2 is 1.88 bits per heavy atom. The van der Waals surface area contributed by atoms with Gasteiger partial charge < -0.3 is 14.5 Å². The Bertz CT molecular complexity index is 522. The molecule has 0 unspecified atom stereocenters. The number of likely N-dealkylation sites (tertiary alicyclic amines) is 1. The zero-order valence-corrected chi connectivity index (χ0v) is 16.9. The molecule has 1 rings (SSSR count). The summed E-state index contributed by atoms with van der Waals surface area (Å²) in [6.45, 7) is 6.11. The Kier molecular flexibility index (Phi) is 8.47. The molecule has 0 aromatic carbocycles. The Morgan fingerprint density at radius 1 is 1.32 bits per heavy atom. The van der Waals surface area contributed by atoms with Crippen LogP contribution in [-0.2, 0) is 4.74 Å². The summed E-state index contributed by atoms with van der Waals surface area (Å²) in [5.74, 6) is 1.21. The zero-order valence-electron chi connectivity index (χ0n) is 15.3. The van der Waals surface area contributed by atoms with E-state index in [0.29, 0.717) is 12.1 Å². The number of nitrogens with zero attached hydrogens (tertiary/aromatic N) is 3. The van der Waals surface area contributed by atoms with Crippen LogP contribution in [0.3, 0.4) is 0 Å². The van der Waals surface area contributed by atoms with Crippen molar-refractivity contribution in [2.24, 2.45) is 10.9 Å². The maximum Gasteiger partial charge on any atom is 0.422 e. The summed E-state index contributed by atoms with van der Waals surface area (Å²) in [4.78, 5) is 8.88. The highest BCUT2D eigenvalue weighted by molar-refractivity contribution is 9.11. The first kappa shape index (κ1) is 22.0. The van der Waals surface area contributed by atoms with E-state index < -0.39 is 12.8 Å². The molecule has 1 aliphatic heterocycles. The SMILES string of the molecule is C=C(Br)/C(OCC(F)(F)F)=C(\CC)N=C(C1CCN(C)CC1)N(C)C. The number of aliphatic imine (C=N–C) groups is 1. The molecule has 0 spiro atoms. The van der Waals surface area contributed by atoms with Gasteiger partial charge in [-0.1, -0.05) is 13.5 Å². The number of halogens is 4. The van der Waals surface area contributed by atoms with Crippen molar-refractivity contribution in [2.75, 3.05) is 40.8 Å². The first-order valence-corrected chi connectivity index (χ1v) is 9.06. The Hall–Kier alpha value is -1.02. The second kappa shape index (κ2) is 9.62. The first-order chi connectivity index (χ1) is 11.5. The smallest absolute Gasteiger partial charge is 0.422 e. The molecule has 0 bridgehead atoms. The van der Waals surface area contributed by atoms with Crippen LogP contribution in [0.2, 0.25) is 0 Å². The second-order valence-electron chi connectivity index (χ2n) is 6.38. The molecule has 0 amide bonds. The molecular weight excluding hydrogens is 399 g/mol. The third-order valence-corrected chi connectivity index (χ3v) is 4.38. The topological polar surface area (TPSA) is 28.1 Å². The molecule has 0 saturated carbocycles. The van der Waals surface area contributed by atoms with Crippen molar-refractivity contribution in [3.05, 3.63) is 22.5 Å². The van der Waals surface area contributed by atoms with Crippen LogP contribution in [0.4, 0.5) is 13.2 Å². The van der Waals surface area contributed by atoms with Gasteiger partial charge in [0.2, 0.25) is 0 Å². The van der Waals surface area contributed by atoms with E-state index in [2.05, 4.69) is 39.4 Å². The normalized spacial score (nSPS) is 18.8. The van der Waals surface area contributed by atoms with E-state index in [4.69, 9.17) is 4.74 Å². The number of hydrogen-bond donors (Lipinski definition) is 0. The Balaban J connectivity index is 3.15. The lowest BCUT2D eigenvalue weighted by Gasteiger charge is -2.32. The van der Waals surface area contributed by atoms with Gasteiger partial charge in [-0.15, -0.1) is 0 Å². The Labute approximate surface area is 156 Å². The van der Waals surface area contributed by atoms with Gasteiger partial charge in [-0.05, 0) is 55.3 Å². The van der Waals surface area contributed by atoms with Crippen molar-refractivity contribution in [3.8, 4) is 0 Å². The van der Waals surface area contributed by atoms with Crippen molar-refractivity contribution >= 4 is 21.8 Å². The van der Waals surface area contributed by atoms with Crippen molar-refractivity contribution in [1.82, 2.24) is 9.80 Å². The van der Waals surface area contributed by atoms with Crippen LogP contribution in [0.15, 0.2) is 27.5 Å². The van der Waals surface area contributed by atoms with Gasteiger partial charge in [0, 0.05) is 20.0 Å². The highest BCUT2D eigenvalue weighted by atomic mass is 79.9. The highest BCUT2D eigenvalue weighted by Crippen LogP contribution is 2.28. The van der Waals surface area contributed by atoms with Crippen LogP contribution < -0.4 is 0 Å². The minimum atomic E-state index is -4.41. The second-order valence-corrected chi connectivity index (χ2v) is 7.34. The van der Waals surface area contributed by atoms with E-state index in [9.17, 15) is 13.2 Å². The molecule has 0 radical (unpaired) electrons. The molecule has 8 heteroatoms. The maximum atomic E-state index is 12.5. The van der Waals surface area contributed by atoms with Gasteiger partial charge in [-0.25, -0.2) is 4.99 Å². The molecule has 1 saturated heterocycles. The summed E-state index contributed by atoms with van der Waals surface area (Å²) >= 11 is 3.15. The van der Waals surface area contributed by atoms with Gasteiger partial charge in [-0.3, -0.25) is 0 Å². The molecule has 144 valence electrons. The van der Waals surface area contributed by atoms with E-state index in [-0.39, 0.29) is 16.2 Å². The molecule has 1 fully saturated rings. The molecule has 1 heterocycles. The van der Waals surface area contributed by atoms with E-state index >= 15 is 0 Å². The van der Waals surface area contributed by atoms with E-state index in [0.717, 1.165) is 31.8 Å². The number of rotatable bonds is 6. The van der Waals surface area contributed by atoms with Gasteiger partial charge in [0.1, 0.15) is 5.84 Å². The number of hydrogen-bond acceptors (Lipinski definition) is 3. The van der Waals surface area contributed by atoms with Crippen LogP contribution in [0.5, 0.6) is 0 Å². The van der Waals surface area contributed by atoms with Gasteiger partial charge in [0.15, 0.2) is 12.4 Å². The lowest BCUT2D eigenvalue weighted by atomic mass is 9.95. The van der Waals surface area contributed by atoms with Crippen molar-refractivity contribution in [3.63, 3.8) is 0 Å². The summed E-state index contributed by atoms with van der Waals surface area (Å²) in [6, 6.07) is 0. The van der Waals surface area contributed by atoms with Crippen molar-refractivity contribution < 1.29 is 17.9 Å². The third kappa shape index (κ3) is 7.40. The molecule has 0 N–H and O–H groups in total. The fourth-order valence-corrected chi connectivity index (χ4v) is 3.07. The molecule has 25 heavy (non-hydrogen) atoms. The quantitative estimate of drug-likeness (QED) is 0.273. The van der Waals surface area contributed by atoms with E-state index in [1.807, 2.05) is 25.9 Å². The molecule has 1 aliphatic rings. The summed E-state index contributed by atoms with van der Waals surface area (Å²) in [5.41, 5.74) is 0.466. The molecular formula is C17H27BrF3N3O. The van der Waals surface area contributed by atoms with Crippen LogP contribution in [0, 0.1) is 5.92 Å². The minimum Gasteiger partial charge on any atom is -0.481 e. The van der Waals surface area contributed by atoms with Gasteiger partial charge in [-0.2, -0.15) is 13.2 Å². The summed E-state index contributed by atoms with van der Waals surface area (Å²) in [5, 5.41) is 0. The number of ether oxygens (including phenoxy) is 1. The van der Waals surface area contributed by atoms with E-state index in [1.54, 1.807) is 0 Å². The summed E-state index contributed by atoms with van der Waals surface area (Å²) in [7, 11) is 5.89. The number of allylic oxidation sites excluding steroid dienone is 2. The predicted molar refractivity (Wildman–Crippen MR) is 98.7 cm³/mol. The molecule has 0 atom stereocenters. The molecule has 0 aromatic rings. The van der Waals surface area contributed by atoms with Crippen molar-refractivity contribution in [2.45, 2.75) is 32.4 Å². The van der Waals surface area contributed by atoms with Crippen LogP contribution in [-0.4, -0.2) is 62.7 Å². The van der Waals surface area contributed by atoms with Gasteiger partial charge >= 0.3 is 6.18 Å². The Morgan fingerprint density at radius 3 is 2.28 bits per heavy atom. The van der Waals surface area contributed by atoms with Gasteiger partial charge in [0.05, 0.1) is 10.2 Å². The fourth-order valence-electron chi connectivity index (χ4n) is 2.72. The van der Waals surface area contributed by atoms with Crippen molar-refractivity contribution in [1.29, 1.82) is 0 Å². The summed E-state index contributed by atoms with van der Waals surface area (Å²) < 4.78 is 42.8.